The smallest absolute Gasteiger partial charge is 0.412 e. The van der Waals surface area contributed by atoms with Crippen molar-refractivity contribution in [3.05, 3.63) is 47.1 Å². The maximum absolute atomic E-state index is 11.7. The molecule has 5 nitrogen and oxygen atoms in total. The number of carbonyl (C=O) groups is 1. The molecule has 0 saturated carbocycles. The minimum absolute atomic E-state index is 0.509. The predicted octanol–water partition coefficient (Wildman–Crippen LogP) is 5.13. The number of hydrogen-bond donors (Lipinski definition) is 2. The summed E-state index contributed by atoms with van der Waals surface area (Å²) in [6, 6.07) is 9.13. The maximum atomic E-state index is 11.7. The molecule has 1 amide bonds. The quantitative estimate of drug-likeness (QED) is 0.816. The van der Waals surface area contributed by atoms with Gasteiger partial charge in [-0.15, -0.1) is 0 Å². The molecular weight excluding hydrogens is 314 g/mol. The number of rotatable bonds is 3. The molecule has 23 heavy (non-hydrogen) atoms. The number of carbonyl (C=O) groups excluding carboxylic acids is 1. The molecular formula is C17H20ClN3O2. The standard InChI is InChI=1S/C17H20ClN3O2/c1-11-5-6-12(18)9-14(11)21-15-8-7-13(10-19-15)20-16(22)23-17(2,3)4/h5-10H,1-4H3,(H,19,21)(H,20,22). The summed E-state index contributed by atoms with van der Waals surface area (Å²) in [4.78, 5) is 16.0. The molecule has 1 aromatic carbocycles. The van der Waals surface area contributed by atoms with Crippen molar-refractivity contribution in [1.29, 1.82) is 0 Å². The average Bonchev–Trinajstić information content (AvgIpc) is 2.43. The van der Waals surface area contributed by atoms with Gasteiger partial charge >= 0.3 is 6.09 Å². The van der Waals surface area contributed by atoms with E-state index in [1.807, 2.05) is 45.9 Å². The normalized spacial score (nSPS) is 11.0. The third-order valence-electron chi connectivity index (χ3n) is 2.87. The molecule has 122 valence electrons. The SMILES string of the molecule is Cc1ccc(Cl)cc1Nc1ccc(NC(=O)OC(C)(C)C)cn1. The average molecular weight is 334 g/mol. The van der Waals surface area contributed by atoms with Gasteiger partial charge < -0.3 is 10.1 Å². The first-order valence-electron chi connectivity index (χ1n) is 7.22. The molecule has 0 atom stereocenters. The van der Waals surface area contributed by atoms with Crippen LogP contribution >= 0.6 is 11.6 Å². The lowest BCUT2D eigenvalue weighted by atomic mass is 10.2. The highest BCUT2D eigenvalue weighted by atomic mass is 35.5. The second-order valence-electron chi connectivity index (χ2n) is 6.14. The first kappa shape index (κ1) is 17.1. The molecule has 1 heterocycles. The summed E-state index contributed by atoms with van der Waals surface area (Å²) in [6.45, 7) is 7.42. The Hall–Kier alpha value is -2.27. The van der Waals surface area contributed by atoms with Gasteiger partial charge in [-0.1, -0.05) is 17.7 Å². The molecule has 6 heteroatoms. The van der Waals surface area contributed by atoms with Gasteiger partial charge in [0.15, 0.2) is 0 Å². The fourth-order valence-electron chi connectivity index (χ4n) is 1.83. The predicted molar refractivity (Wildman–Crippen MR) is 93.6 cm³/mol. The molecule has 0 saturated heterocycles. The molecule has 0 radical (unpaired) electrons. The third kappa shape index (κ3) is 5.45. The van der Waals surface area contributed by atoms with Crippen LogP contribution in [0.1, 0.15) is 26.3 Å². The van der Waals surface area contributed by atoms with Crippen LogP contribution in [0.2, 0.25) is 5.02 Å². The highest BCUT2D eigenvalue weighted by Crippen LogP contribution is 2.23. The van der Waals surface area contributed by atoms with Gasteiger partial charge in [0, 0.05) is 10.7 Å². The van der Waals surface area contributed by atoms with Crippen molar-refractivity contribution in [2.45, 2.75) is 33.3 Å². The number of anilines is 3. The van der Waals surface area contributed by atoms with E-state index in [9.17, 15) is 4.79 Å². The van der Waals surface area contributed by atoms with Crippen LogP contribution in [-0.2, 0) is 4.74 Å². The molecule has 0 fully saturated rings. The highest BCUT2D eigenvalue weighted by molar-refractivity contribution is 6.30. The van der Waals surface area contributed by atoms with Gasteiger partial charge in [0.2, 0.25) is 0 Å². The lowest BCUT2D eigenvalue weighted by molar-refractivity contribution is 0.0636. The summed E-state index contributed by atoms with van der Waals surface area (Å²) >= 11 is 6.00. The molecule has 2 rings (SSSR count). The zero-order chi connectivity index (χ0) is 17.0. The van der Waals surface area contributed by atoms with E-state index in [4.69, 9.17) is 16.3 Å². The molecule has 0 aliphatic heterocycles. The van der Waals surface area contributed by atoms with Crippen LogP contribution in [0.15, 0.2) is 36.5 Å². The van der Waals surface area contributed by atoms with Crippen molar-refractivity contribution in [3.8, 4) is 0 Å². The number of benzene rings is 1. The summed E-state index contributed by atoms with van der Waals surface area (Å²) in [7, 11) is 0. The molecule has 2 N–H and O–H groups in total. The van der Waals surface area contributed by atoms with E-state index >= 15 is 0 Å². The molecule has 2 aromatic rings. The second kappa shape index (κ2) is 6.87. The first-order chi connectivity index (χ1) is 10.7. The Morgan fingerprint density at radius 2 is 1.96 bits per heavy atom. The van der Waals surface area contributed by atoms with Crippen LogP contribution in [0.5, 0.6) is 0 Å². The van der Waals surface area contributed by atoms with E-state index in [0.717, 1.165) is 11.3 Å². The number of amides is 1. The van der Waals surface area contributed by atoms with Crippen molar-refractivity contribution < 1.29 is 9.53 Å². The molecule has 1 aromatic heterocycles. The number of hydrogen-bond acceptors (Lipinski definition) is 4. The van der Waals surface area contributed by atoms with Gasteiger partial charge in [0.25, 0.3) is 0 Å². The lowest BCUT2D eigenvalue weighted by Crippen LogP contribution is -2.27. The van der Waals surface area contributed by atoms with Crippen LogP contribution in [0, 0.1) is 6.92 Å². The van der Waals surface area contributed by atoms with Crippen molar-refractivity contribution in [1.82, 2.24) is 4.98 Å². The van der Waals surface area contributed by atoms with Crippen LogP contribution in [0.4, 0.5) is 22.0 Å². The first-order valence-corrected chi connectivity index (χ1v) is 7.60. The molecule has 0 bridgehead atoms. The summed E-state index contributed by atoms with van der Waals surface area (Å²) in [5.41, 5.74) is 1.97. The number of halogens is 1. The Morgan fingerprint density at radius 1 is 1.22 bits per heavy atom. The maximum Gasteiger partial charge on any atom is 0.412 e. The Bertz CT molecular complexity index is 694. The monoisotopic (exact) mass is 333 g/mol. The number of aromatic nitrogens is 1. The number of aryl methyl sites for hydroxylation is 1. The summed E-state index contributed by atoms with van der Waals surface area (Å²) in [5, 5.41) is 6.48. The van der Waals surface area contributed by atoms with E-state index in [-0.39, 0.29) is 0 Å². The third-order valence-corrected chi connectivity index (χ3v) is 3.11. The number of nitrogens with zero attached hydrogens (tertiary/aromatic N) is 1. The van der Waals surface area contributed by atoms with Crippen molar-refractivity contribution in [2.75, 3.05) is 10.6 Å². The van der Waals surface area contributed by atoms with Gasteiger partial charge in [-0.25, -0.2) is 9.78 Å². The van der Waals surface area contributed by atoms with Crippen LogP contribution < -0.4 is 10.6 Å². The Balaban J connectivity index is 2.02. The van der Waals surface area contributed by atoms with E-state index in [1.54, 1.807) is 18.3 Å². The second-order valence-corrected chi connectivity index (χ2v) is 6.58. The molecule has 0 unspecified atom stereocenters. The molecule has 0 aliphatic rings. The fraction of sp³-hybridized carbons (Fsp3) is 0.294. The topological polar surface area (TPSA) is 63.2 Å². The lowest BCUT2D eigenvalue weighted by Gasteiger charge is -2.19. The van der Waals surface area contributed by atoms with E-state index in [2.05, 4.69) is 15.6 Å². The zero-order valence-corrected chi connectivity index (χ0v) is 14.4. The van der Waals surface area contributed by atoms with Gasteiger partial charge in [-0.2, -0.15) is 0 Å². The summed E-state index contributed by atoms with van der Waals surface area (Å²) in [5.74, 6) is 0.658. The number of pyridine rings is 1. The van der Waals surface area contributed by atoms with Crippen LogP contribution in [-0.4, -0.2) is 16.7 Å². The minimum atomic E-state index is -0.539. The summed E-state index contributed by atoms with van der Waals surface area (Å²) in [6.07, 6.45) is 1.05. The zero-order valence-electron chi connectivity index (χ0n) is 13.6. The van der Waals surface area contributed by atoms with E-state index in [1.165, 1.54) is 0 Å². The summed E-state index contributed by atoms with van der Waals surface area (Å²) < 4.78 is 5.19. The van der Waals surface area contributed by atoms with Crippen LogP contribution in [0.3, 0.4) is 0 Å². The molecule has 0 aliphatic carbocycles. The Morgan fingerprint density at radius 3 is 2.57 bits per heavy atom. The van der Waals surface area contributed by atoms with Crippen molar-refractivity contribution >= 4 is 34.9 Å². The van der Waals surface area contributed by atoms with Crippen molar-refractivity contribution in [3.63, 3.8) is 0 Å². The Kier molecular flexibility index (Phi) is 5.11. The van der Waals surface area contributed by atoms with Crippen LogP contribution in [0.25, 0.3) is 0 Å². The van der Waals surface area contributed by atoms with Gasteiger partial charge in [0.1, 0.15) is 11.4 Å². The highest BCUT2D eigenvalue weighted by Gasteiger charge is 2.16. The van der Waals surface area contributed by atoms with Gasteiger partial charge in [0.05, 0.1) is 11.9 Å². The fourth-order valence-corrected chi connectivity index (χ4v) is 2.00. The van der Waals surface area contributed by atoms with Crippen molar-refractivity contribution in [2.24, 2.45) is 0 Å². The van der Waals surface area contributed by atoms with E-state index < -0.39 is 11.7 Å². The number of nitrogens with one attached hydrogen (secondary N) is 2. The largest absolute Gasteiger partial charge is 0.444 e. The Labute approximate surface area is 141 Å². The molecule has 0 spiro atoms. The number of ether oxygens (including phenoxy) is 1. The van der Waals surface area contributed by atoms with E-state index in [0.29, 0.717) is 16.5 Å². The minimum Gasteiger partial charge on any atom is -0.444 e. The van der Waals surface area contributed by atoms with Gasteiger partial charge in [-0.05, 0) is 57.5 Å². The van der Waals surface area contributed by atoms with Gasteiger partial charge in [-0.3, -0.25) is 5.32 Å².